The van der Waals surface area contributed by atoms with Gasteiger partial charge in [-0.25, -0.2) is 4.39 Å². The molecule has 1 nitrogen and oxygen atoms in total. The van der Waals surface area contributed by atoms with Gasteiger partial charge in [0, 0.05) is 5.02 Å². The van der Waals surface area contributed by atoms with E-state index >= 15 is 0 Å². The smallest absolute Gasteiger partial charge is 0.124 e. The molecule has 2 aromatic rings. The van der Waals surface area contributed by atoms with Crippen molar-refractivity contribution < 1.29 is 9.13 Å². The van der Waals surface area contributed by atoms with Crippen molar-refractivity contribution in [1.82, 2.24) is 0 Å². The number of halogens is 2. The van der Waals surface area contributed by atoms with Crippen molar-refractivity contribution in [3.8, 4) is 5.75 Å². The molecule has 0 heterocycles. The molecule has 2 rings (SSSR count). The standard InChI is InChI=1S/C15H14ClFO/c1-10-4-6-14(17)7-12(10)9-18-15-8-13(16)5-3-11(15)2/h3-8H,9H2,1-2H3. The Labute approximate surface area is 111 Å². The zero-order valence-corrected chi connectivity index (χ0v) is 11.1. The number of aryl methyl sites for hydroxylation is 2. The van der Waals surface area contributed by atoms with E-state index < -0.39 is 0 Å². The number of hydrogen-bond donors (Lipinski definition) is 0. The Bertz CT molecular complexity index is 515. The van der Waals surface area contributed by atoms with Crippen molar-refractivity contribution in [3.05, 3.63) is 63.9 Å². The van der Waals surface area contributed by atoms with Crippen LogP contribution in [-0.2, 0) is 6.61 Å². The van der Waals surface area contributed by atoms with Crippen LogP contribution in [0.5, 0.6) is 5.75 Å². The van der Waals surface area contributed by atoms with Crippen molar-refractivity contribution >= 4 is 11.6 Å². The van der Waals surface area contributed by atoms with Gasteiger partial charge in [0.1, 0.15) is 18.2 Å². The van der Waals surface area contributed by atoms with E-state index in [0.29, 0.717) is 11.6 Å². The molecule has 18 heavy (non-hydrogen) atoms. The molecular weight excluding hydrogens is 251 g/mol. The van der Waals surface area contributed by atoms with E-state index in [1.807, 2.05) is 26.0 Å². The van der Waals surface area contributed by atoms with Crippen molar-refractivity contribution in [1.29, 1.82) is 0 Å². The summed E-state index contributed by atoms with van der Waals surface area (Å²) in [6, 6.07) is 10.2. The van der Waals surface area contributed by atoms with Gasteiger partial charge in [-0.05, 0) is 54.8 Å². The third-order valence-corrected chi connectivity index (χ3v) is 3.08. The molecule has 0 fully saturated rings. The second kappa shape index (κ2) is 5.40. The predicted octanol–water partition coefficient (Wildman–Crippen LogP) is 4.67. The Morgan fingerprint density at radius 3 is 2.56 bits per heavy atom. The van der Waals surface area contributed by atoms with Crippen LogP contribution >= 0.6 is 11.6 Å². The van der Waals surface area contributed by atoms with Crippen LogP contribution in [-0.4, -0.2) is 0 Å². The zero-order chi connectivity index (χ0) is 13.1. The Hall–Kier alpha value is -1.54. The van der Waals surface area contributed by atoms with Gasteiger partial charge in [0.25, 0.3) is 0 Å². The van der Waals surface area contributed by atoms with Crippen LogP contribution in [0.25, 0.3) is 0 Å². The molecule has 0 amide bonds. The Morgan fingerprint density at radius 2 is 1.78 bits per heavy atom. The van der Waals surface area contributed by atoms with Crippen molar-refractivity contribution in [2.24, 2.45) is 0 Å². The third-order valence-electron chi connectivity index (χ3n) is 2.84. The zero-order valence-electron chi connectivity index (χ0n) is 10.3. The molecule has 0 aliphatic carbocycles. The van der Waals surface area contributed by atoms with E-state index in [4.69, 9.17) is 16.3 Å². The summed E-state index contributed by atoms with van der Waals surface area (Å²) in [6.45, 7) is 4.22. The first kappa shape index (κ1) is 12.9. The summed E-state index contributed by atoms with van der Waals surface area (Å²) >= 11 is 5.92. The number of hydrogen-bond acceptors (Lipinski definition) is 1. The summed E-state index contributed by atoms with van der Waals surface area (Å²) < 4.78 is 18.8. The molecule has 0 N–H and O–H groups in total. The summed E-state index contributed by atoms with van der Waals surface area (Å²) in [4.78, 5) is 0. The molecule has 0 radical (unpaired) electrons. The molecule has 0 saturated carbocycles. The summed E-state index contributed by atoms with van der Waals surface area (Å²) in [5, 5.41) is 0.631. The first-order valence-corrected chi connectivity index (χ1v) is 6.08. The van der Waals surface area contributed by atoms with Gasteiger partial charge in [0.15, 0.2) is 0 Å². The molecule has 0 atom stereocenters. The van der Waals surface area contributed by atoms with E-state index in [1.54, 1.807) is 12.1 Å². The van der Waals surface area contributed by atoms with Crippen LogP contribution in [0.4, 0.5) is 4.39 Å². The van der Waals surface area contributed by atoms with Gasteiger partial charge >= 0.3 is 0 Å². The minimum Gasteiger partial charge on any atom is -0.489 e. The average molecular weight is 265 g/mol. The van der Waals surface area contributed by atoms with Crippen LogP contribution in [0.3, 0.4) is 0 Å². The van der Waals surface area contributed by atoms with Crippen LogP contribution < -0.4 is 4.74 Å². The lowest BCUT2D eigenvalue weighted by molar-refractivity contribution is 0.302. The van der Waals surface area contributed by atoms with Gasteiger partial charge in [-0.1, -0.05) is 23.7 Å². The van der Waals surface area contributed by atoms with Crippen LogP contribution in [0.1, 0.15) is 16.7 Å². The predicted molar refractivity (Wildman–Crippen MR) is 71.7 cm³/mol. The fraction of sp³-hybridized carbons (Fsp3) is 0.200. The topological polar surface area (TPSA) is 9.23 Å². The van der Waals surface area contributed by atoms with Crippen LogP contribution in [0.2, 0.25) is 5.02 Å². The number of rotatable bonds is 3. The molecule has 0 bridgehead atoms. The highest BCUT2D eigenvalue weighted by atomic mass is 35.5. The van der Waals surface area contributed by atoms with Crippen molar-refractivity contribution in [3.63, 3.8) is 0 Å². The Kier molecular flexibility index (Phi) is 3.87. The minimum atomic E-state index is -0.248. The van der Waals surface area contributed by atoms with Crippen LogP contribution in [0.15, 0.2) is 36.4 Å². The molecule has 94 valence electrons. The molecule has 0 aliphatic rings. The molecule has 0 spiro atoms. The first-order valence-electron chi connectivity index (χ1n) is 5.70. The van der Waals surface area contributed by atoms with Gasteiger partial charge < -0.3 is 4.74 Å². The van der Waals surface area contributed by atoms with Gasteiger partial charge in [0.2, 0.25) is 0 Å². The lowest BCUT2D eigenvalue weighted by Crippen LogP contribution is -1.99. The second-order valence-electron chi connectivity index (χ2n) is 4.27. The maximum absolute atomic E-state index is 13.1. The summed E-state index contributed by atoms with van der Waals surface area (Å²) in [7, 11) is 0. The first-order chi connectivity index (χ1) is 8.56. The van der Waals surface area contributed by atoms with E-state index in [1.165, 1.54) is 12.1 Å². The van der Waals surface area contributed by atoms with E-state index in [9.17, 15) is 4.39 Å². The van der Waals surface area contributed by atoms with E-state index in [2.05, 4.69) is 0 Å². The van der Waals surface area contributed by atoms with Gasteiger partial charge in [-0.2, -0.15) is 0 Å². The van der Waals surface area contributed by atoms with Crippen molar-refractivity contribution in [2.75, 3.05) is 0 Å². The summed E-state index contributed by atoms with van der Waals surface area (Å²) in [5.41, 5.74) is 2.86. The SMILES string of the molecule is Cc1ccc(F)cc1COc1cc(Cl)ccc1C. The molecule has 0 aliphatic heterocycles. The monoisotopic (exact) mass is 264 g/mol. The fourth-order valence-electron chi connectivity index (χ4n) is 1.68. The fourth-order valence-corrected chi connectivity index (χ4v) is 1.84. The molecular formula is C15H14ClFO. The Morgan fingerprint density at radius 1 is 1.06 bits per heavy atom. The highest BCUT2D eigenvalue weighted by Crippen LogP contribution is 2.24. The lowest BCUT2D eigenvalue weighted by Gasteiger charge is -2.11. The lowest BCUT2D eigenvalue weighted by atomic mass is 10.1. The summed E-state index contributed by atoms with van der Waals surface area (Å²) in [6.07, 6.45) is 0. The maximum atomic E-state index is 13.1. The normalized spacial score (nSPS) is 10.4. The van der Waals surface area contributed by atoms with Gasteiger partial charge in [-0.3, -0.25) is 0 Å². The van der Waals surface area contributed by atoms with Crippen molar-refractivity contribution in [2.45, 2.75) is 20.5 Å². The van der Waals surface area contributed by atoms with E-state index in [-0.39, 0.29) is 5.82 Å². The van der Waals surface area contributed by atoms with Gasteiger partial charge in [0.05, 0.1) is 0 Å². The largest absolute Gasteiger partial charge is 0.489 e. The molecule has 0 unspecified atom stereocenters. The highest BCUT2D eigenvalue weighted by Gasteiger charge is 2.04. The maximum Gasteiger partial charge on any atom is 0.124 e. The Balaban J connectivity index is 2.16. The number of ether oxygens (including phenoxy) is 1. The molecule has 0 saturated heterocycles. The van der Waals surface area contributed by atoms with E-state index in [0.717, 1.165) is 22.4 Å². The number of benzene rings is 2. The average Bonchev–Trinajstić information content (AvgIpc) is 2.34. The third kappa shape index (κ3) is 3.02. The minimum absolute atomic E-state index is 0.248. The van der Waals surface area contributed by atoms with Crippen LogP contribution in [0, 0.1) is 19.7 Å². The van der Waals surface area contributed by atoms with Gasteiger partial charge in [-0.15, -0.1) is 0 Å². The molecule has 2 aromatic carbocycles. The highest BCUT2D eigenvalue weighted by molar-refractivity contribution is 6.30. The quantitative estimate of drug-likeness (QED) is 0.782. The summed E-state index contributed by atoms with van der Waals surface area (Å²) in [5.74, 6) is 0.480. The molecule has 3 heteroatoms. The molecule has 0 aromatic heterocycles. The second-order valence-corrected chi connectivity index (χ2v) is 4.71.